The molecule has 0 amide bonds. The first kappa shape index (κ1) is 11.2. The van der Waals surface area contributed by atoms with Gasteiger partial charge >= 0.3 is 0 Å². The Labute approximate surface area is 97.4 Å². The van der Waals surface area contributed by atoms with Crippen LogP contribution in [0.15, 0.2) is 18.2 Å². The molecule has 16 heavy (non-hydrogen) atoms. The minimum Gasteiger partial charge on any atom is -0.386 e. The zero-order valence-electron chi connectivity index (χ0n) is 8.68. The van der Waals surface area contributed by atoms with Crippen LogP contribution in [0, 0.1) is 10.1 Å². The molecule has 0 bridgehead atoms. The molecule has 6 heteroatoms. The normalized spacial score (nSPS) is 18.1. The summed E-state index contributed by atoms with van der Waals surface area (Å²) in [6.45, 7) is 2.46. The first-order valence-corrected chi connectivity index (χ1v) is 5.18. The summed E-state index contributed by atoms with van der Waals surface area (Å²) in [5.41, 5.74) is -0.292. The lowest BCUT2D eigenvalue weighted by Gasteiger charge is -2.45. The fraction of sp³-hybridized carbons (Fsp3) is 0.400. The SMILES string of the molecule is CC1(O)CN(c2cc(Cl)ccc2[N+](=O)[O-])C1. The highest BCUT2D eigenvalue weighted by molar-refractivity contribution is 6.31. The number of halogens is 1. The molecule has 0 aliphatic carbocycles. The first-order valence-electron chi connectivity index (χ1n) is 4.80. The second kappa shape index (κ2) is 3.61. The molecule has 2 rings (SSSR count). The van der Waals surface area contributed by atoms with Gasteiger partial charge in [-0.05, 0) is 19.1 Å². The Balaban J connectivity index is 2.33. The van der Waals surface area contributed by atoms with E-state index in [-0.39, 0.29) is 5.69 Å². The number of nitrogens with zero attached hydrogens (tertiary/aromatic N) is 2. The molecule has 0 aromatic heterocycles. The third-order valence-corrected chi connectivity index (χ3v) is 2.77. The summed E-state index contributed by atoms with van der Waals surface area (Å²) in [7, 11) is 0. The fourth-order valence-electron chi connectivity index (χ4n) is 1.85. The Morgan fingerprint density at radius 2 is 2.19 bits per heavy atom. The molecule has 0 radical (unpaired) electrons. The summed E-state index contributed by atoms with van der Waals surface area (Å²) in [5, 5.41) is 20.9. The average molecular weight is 243 g/mol. The number of nitro groups is 1. The predicted molar refractivity (Wildman–Crippen MR) is 60.9 cm³/mol. The van der Waals surface area contributed by atoms with Crippen LogP contribution >= 0.6 is 11.6 Å². The minimum atomic E-state index is -0.768. The summed E-state index contributed by atoms with van der Waals surface area (Å²) in [4.78, 5) is 12.1. The molecule has 0 saturated carbocycles. The number of aliphatic hydroxyl groups is 1. The highest BCUT2D eigenvalue weighted by Crippen LogP contribution is 2.36. The molecule has 1 fully saturated rings. The Hall–Kier alpha value is -1.33. The minimum absolute atomic E-state index is 0.0138. The Bertz CT molecular complexity index is 440. The molecule has 1 N–H and O–H groups in total. The van der Waals surface area contributed by atoms with Gasteiger partial charge < -0.3 is 10.0 Å². The van der Waals surface area contributed by atoms with Gasteiger partial charge in [-0.1, -0.05) is 11.6 Å². The number of anilines is 1. The third kappa shape index (κ3) is 1.96. The number of benzene rings is 1. The summed E-state index contributed by atoms with van der Waals surface area (Å²) >= 11 is 5.81. The number of β-amino-alcohol motifs (C(OH)–C–C–N with tert-alkyl or cyclic N) is 1. The van der Waals surface area contributed by atoms with Gasteiger partial charge in [0.15, 0.2) is 0 Å². The summed E-state index contributed by atoms with van der Waals surface area (Å²) < 4.78 is 0. The molecular weight excluding hydrogens is 232 g/mol. The van der Waals surface area contributed by atoms with Gasteiger partial charge in [0.2, 0.25) is 0 Å². The number of hydrogen-bond donors (Lipinski definition) is 1. The zero-order valence-corrected chi connectivity index (χ0v) is 9.44. The van der Waals surface area contributed by atoms with E-state index in [1.54, 1.807) is 17.9 Å². The lowest BCUT2D eigenvalue weighted by Crippen LogP contribution is -2.60. The highest BCUT2D eigenvalue weighted by atomic mass is 35.5. The van der Waals surface area contributed by atoms with E-state index in [1.807, 2.05) is 0 Å². The van der Waals surface area contributed by atoms with E-state index in [9.17, 15) is 15.2 Å². The quantitative estimate of drug-likeness (QED) is 0.635. The Morgan fingerprint density at radius 1 is 1.56 bits per heavy atom. The standard InChI is InChI=1S/C10H11ClN2O3/c1-10(14)5-12(6-10)9-4-7(11)2-3-8(9)13(15)16/h2-4,14H,5-6H2,1H3. The van der Waals surface area contributed by atoms with Gasteiger partial charge in [-0.15, -0.1) is 0 Å². The molecule has 5 nitrogen and oxygen atoms in total. The van der Waals surface area contributed by atoms with Crippen LogP contribution < -0.4 is 4.90 Å². The maximum Gasteiger partial charge on any atom is 0.292 e. The monoisotopic (exact) mass is 242 g/mol. The van der Waals surface area contributed by atoms with E-state index < -0.39 is 10.5 Å². The molecule has 1 saturated heterocycles. The van der Waals surface area contributed by atoms with Crippen molar-refractivity contribution >= 4 is 23.0 Å². The largest absolute Gasteiger partial charge is 0.386 e. The summed E-state index contributed by atoms with van der Waals surface area (Å²) in [6, 6.07) is 4.42. The van der Waals surface area contributed by atoms with E-state index in [0.29, 0.717) is 23.8 Å². The van der Waals surface area contributed by atoms with Gasteiger partial charge in [-0.3, -0.25) is 10.1 Å². The maximum atomic E-state index is 10.8. The van der Waals surface area contributed by atoms with Crippen molar-refractivity contribution in [3.05, 3.63) is 33.3 Å². The van der Waals surface area contributed by atoms with E-state index in [2.05, 4.69) is 0 Å². The smallest absolute Gasteiger partial charge is 0.292 e. The molecule has 1 aliphatic heterocycles. The lowest BCUT2D eigenvalue weighted by atomic mass is 9.96. The molecular formula is C10H11ClN2O3. The molecule has 1 aliphatic rings. The van der Waals surface area contributed by atoms with Crippen molar-refractivity contribution in [2.24, 2.45) is 0 Å². The first-order chi connectivity index (χ1) is 7.39. The molecule has 86 valence electrons. The Kier molecular flexibility index (Phi) is 2.52. The van der Waals surface area contributed by atoms with Gasteiger partial charge in [0.25, 0.3) is 5.69 Å². The van der Waals surface area contributed by atoms with E-state index >= 15 is 0 Å². The molecule has 1 heterocycles. The van der Waals surface area contributed by atoms with E-state index in [4.69, 9.17) is 11.6 Å². The van der Waals surface area contributed by atoms with Gasteiger partial charge in [0, 0.05) is 24.2 Å². The van der Waals surface area contributed by atoms with Crippen LogP contribution in [-0.4, -0.2) is 28.7 Å². The van der Waals surface area contributed by atoms with Crippen molar-refractivity contribution in [2.45, 2.75) is 12.5 Å². The number of rotatable bonds is 2. The topological polar surface area (TPSA) is 66.6 Å². The van der Waals surface area contributed by atoms with Crippen LogP contribution in [0.25, 0.3) is 0 Å². The molecule has 1 aromatic rings. The van der Waals surface area contributed by atoms with Gasteiger partial charge in [-0.2, -0.15) is 0 Å². The second-order valence-electron chi connectivity index (χ2n) is 4.24. The van der Waals surface area contributed by atoms with Crippen molar-refractivity contribution < 1.29 is 10.0 Å². The van der Waals surface area contributed by atoms with Gasteiger partial charge in [0.05, 0.1) is 10.5 Å². The second-order valence-corrected chi connectivity index (χ2v) is 4.68. The van der Waals surface area contributed by atoms with Crippen LogP contribution in [0.1, 0.15) is 6.92 Å². The van der Waals surface area contributed by atoms with Gasteiger partial charge in [0.1, 0.15) is 5.69 Å². The van der Waals surface area contributed by atoms with Crippen molar-refractivity contribution in [3.63, 3.8) is 0 Å². The van der Waals surface area contributed by atoms with Crippen LogP contribution in [0.5, 0.6) is 0 Å². The van der Waals surface area contributed by atoms with Crippen LogP contribution in [0.3, 0.4) is 0 Å². The van der Waals surface area contributed by atoms with Crippen LogP contribution in [0.2, 0.25) is 5.02 Å². The van der Waals surface area contributed by atoms with Crippen LogP contribution in [0.4, 0.5) is 11.4 Å². The molecule has 0 unspecified atom stereocenters. The van der Waals surface area contributed by atoms with Gasteiger partial charge in [-0.25, -0.2) is 0 Å². The molecule has 1 aromatic carbocycles. The van der Waals surface area contributed by atoms with Crippen LogP contribution in [-0.2, 0) is 0 Å². The van der Waals surface area contributed by atoms with Crippen molar-refractivity contribution in [1.29, 1.82) is 0 Å². The van der Waals surface area contributed by atoms with Crippen molar-refractivity contribution in [2.75, 3.05) is 18.0 Å². The number of nitro benzene ring substituents is 1. The predicted octanol–water partition coefficient (Wildman–Crippen LogP) is 1.82. The number of hydrogen-bond acceptors (Lipinski definition) is 4. The maximum absolute atomic E-state index is 10.8. The highest BCUT2D eigenvalue weighted by Gasteiger charge is 2.39. The fourth-order valence-corrected chi connectivity index (χ4v) is 2.02. The third-order valence-electron chi connectivity index (χ3n) is 2.54. The average Bonchev–Trinajstić information content (AvgIpc) is 2.13. The lowest BCUT2D eigenvalue weighted by molar-refractivity contribution is -0.384. The van der Waals surface area contributed by atoms with E-state index in [1.165, 1.54) is 12.1 Å². The molecule has 0 atom stereocenters. The van der Waals surface area contributed by atoms with E-state index in [0.717, 1.165) is 0 Å². The van der Waals surface area contributed by atoms with Crippen molar-refractivity contribution in [1.82, 2.24) is 0 Å². The summed E-state index contributed by atoms with van der Waals surface area (Å²) in [5.74, 6) is 0. The zero-order chi connectivity index (χ0) is 11.9. The Morgan fingerprint density at radius 3 is 2.69 bits per heavy atom. The van der Waals surface area contributed by atoms with Crippen molar-refractivity contribution in [3.8, 4) is 0 Å². The molecule has 0 spiro atoms. The summed E-state index contributed by atoms with van der Waals surface area (Å²) in [6.07, 6.45) is 0.